The van der Waals surface area contributed by atoms with Crippen LogP contribution in [-0.2, 0) is 6.42 Å². The molecule has 0 atom stereocenters. The summed E-state index contributed by atoms with van der Waals surface area (Å²) in [6, 6.07) is 7.91. The second kappa shape index (κ2) is 4.75. The van der Waals surface area contributed by atoms with Gasteiger partial charge in [0.2, 0.25) is 5.13 Å². The number of hydrogen-bond donors (Lipinski definition) is 2. The molecule has 0 bridgehead atoms. The topological polar surface area (TPSA) is 63.8 Å². The van der Waals surface area contributed by atoms with Crippen LogP contribution in [-0.4, -0.2) is 15.9 Å². The average molecular weight is 220 g/mol. The van der Waals surface area contributed by atoms with E-state index in [4.69, 9.17) is 5.73 Å². The molecule has 1 aromatic carbocycles. The molecule has 0 unspecified atom stereocenters. The van der Waals surface area contributed by atoms with Gasteiger partial charge < -0.3 is 11.1 Å². The Morgan fingerprint density at radius 3 is 2.73 bits per heavy atom. The number of aromatic nitrogens is 2. The van der Waals surface area contributed by atoms with Crippen LogP contribution in [0.3, 0.4) is 0 Å². The maximum Gasteiger partial charge on any atom is 0.202 e. The van der Waals surface area contributed by atoms with Gasteiger partial charge in [-0.2, -0.15) is 4.37 Å². The Balaban J connectivity index is 1.81. The molecule has 0 saturated heterocycles. The van der Waals surface area contributed by atoms with Crippen molar-refractivity contribution < 1.29 is 0 Å². The summed E-state index contributed by atoms with van der Waals surface area (Å²) in [5.74, 6) is 0. The molecule has 78 valence electrons. The van der Waals surface area contributed by atoms with Gasteiger partial charge in [-0.1, -0.05) is 12.1 Å². The lowest BCUT2D eigenvalue weighted by atomic mass is 10.1. The van der Waals surface area contributed by atoms with Gasteiger partial charge in [0.05, 0.1) is 0 Å². The summed E-state index contributed by atoms with van der Waals surface area (Å²) in [6.07, 6.45) is 2.51. The molecule has 2 aromatic rings. The Morgan fingerprint density at radius 1 is 1.27 bits per heavy atom. The van der Waals surface area contributed by atoms with Crippen LogP contribution < -0.4 is 11.1 Å². The highest BCUT2D eigenvalue weighted by Gasteiger charge is 1.95. The van der Waals surface area contributed by atoms with E-state index in [0.29, 0.717) is 0 Å². The van der Waals surface area contributed by atoms with Crippen molar-refractivity contribution in [2.45, 2.75) is 6.42 Å². The van der Waals surface area contributed by atoms with Gasteiger partial charge in [-0.15, -0.1) is 0 Å². The molecule has 0 amide bonds. The zero-order valence-corrected chi connectivity index (χ0v) is 9.00. The standard InChI is InChI=1S/C10H12N4S/c11-9-3-1-8(2-4-9)5-6-12-10-13-7-14-15-10/h1-4,7H,5-6,11H2,(H,12,13,14). The number of hydrogen-bond acceptors (Lipinski definition) is 5. The number of nitrogens with zero attached hydrogens (tertiary/aromatic N) is 2. The van der Waals surface area contributed by atoms with Gasteiger partial charge in [0.15, 0.2) is 0 Å². The van der Waals surface area contributed by atoms with Crippen molar-refractivity contribution >= 4 is 22.4 Å². The molecule has 1 aromatic heterocycles. The van der Waals surface area contributed by atoms with Crippen LogP contribution in [0, 0.1) is 0 Å². The fourth-order valence-corrected chi connectivity index (χ4v) is 1.70. The second-order valence-electron chi connectivity index (χ2n) is 3.16. The Hall–Kier alpha value is -1.62. The predicted molar refractivity (Wildman–Crippen MR) is 63.0 cm³/mol. The van der Waals surface area contributed by atoms with Gasteiger partial charge in [-0.05, 0) is 24.1 Å². The summed E-state index contributed by atoms with van der Waals surface area (Å²) in [5, 5.41) is 4.07. The van der Waals surface area contributed by atoms with E-state index in [1.807, 2.05) is 24.3 Å². The minimum atomic E-state index is 0.802. The number of anilines is 2. The van der Waals surface area contributed by atoms with E-state index in [0.717, 1.165) is 23.8 Å². The molecule has 0 saturated carbocycles. The summed E-state index contributed by atoms with van der Waals surface area (Å²) < 4.78 is 3.91. The number of nitrogen functional groups attached to an aromatic ring is 1. The summed E-state index contributed by atoms with van der Waals surface area (Å²) in [7, 11) is 0. The van der Waals surface area contributed by atoms with Crippen LogP contribution in [0.4, 0.5) is 10.8 Å². The first kappa shape index (κ1) is 9.92. The third-order valence-corrected chi connectivity index (χ3v) is 2.65. The largest absolute Gasteiger partial charge is 0.399 e. The van der Waals surface area contributed by atoms with E-state index in [1.165, 1.54) is 17.1 Å². The lowest BCUT2D eigenvalue weighted by Crippen LogP contribution is -2.04. The maximum absolute atomic E-state index is 5.60. The molecule has 2 rings (SSSR count). The van der Waals surface area contributed by atoms with Crippen LogP contribution in [0.5, 0.6) is 0 Å². The summed E-state index contributed by atoms with van der Waals surface area (Å²) >= 11 is 1.37. The van der Waals surface area contributed by atoms with Crippen molar-refractivity contribution in [1.29, 1.82) is 0 Å². The van der Waals surface area contributed by atoms with E-state index >= 15 is 0 Å². The monoisotopic (exact) mass is 220 g/mol. The molecule has 5 heteroatoms. The molecule has 0 radical (unpaired) electrons. The molecule has 1 heterocycles. The van der Waals surface area contributed by atoms with E-state index in [-0.39, 0.29) is 0 Å². The summed E-state index contributed by atoms with van der Waals surface area (Å²) in [5.41, 5.74) is 7.67. The van der Waals surface area contributed by atoms with Crippen molar-refractivity contribution in [2.24, 2.45) is 0 Å². The van der Waals surface area contributed by atoms with Crippen LogP contribution in [0.25, 0.3) is 0 Å². The van der Waals surface area contributed by atoms with Crippen LogP contribution in [0.1, 0.15) is 5.56 Å². The lowest BCUT2D eigenvalue weighted by Gasteiger charge is -2.02. The van der Waals surface area contributed by atoms with E-state index in [9.17, 15) is 0 Å². The first-order valence-electron chi connectivity index (χ1n) is 4.69. The first-order chi connectivity index (χ1) is 7.34. The van der Waals surface area contributed by atoms with Crippen molar-refractivity contribution in [3.63, 3.8) is 0 Å². The highest BCUT2D eigenvalue weighted by atomic mass is 32.1. The molecule has 0 fully saturated rings. The summed E-state index contributed by atoms with van der Waals surface area (Å²) in [4.78, 5) is 4.04. The van der Waals surface area contributed by atoms with Crippen molar-refractivity contribution in [2.75, 3.05) is 17.6 Å². The van der Waals surface area contributed by atoms with Gasteiger partial charge in [-0.25, -0.2) is 4.98 Å². The highest BCUT2D eigenvalue weighted by Crippen LogP contribution is 2.08. The van der Waals surface area contributed by atoms with Crippen LogP contribution in [0.2, 0.25) is 0 Å². The Bertz CT molecular complexity index is 396. The molecule has 4 nitrogen and oxygen atoms in total. The number of nitrogens with one attached hydrogen (secondary N) is 1. The fourth-order valence-electron chi connectivity index (χ4n) is 1.25. The molecule has 15 heavy (non-hydrogen) atoms. The van der Waals surface area contributed by atoms with E-state index in [1.54, 1.807) is 6.33 Å². The predicted octanol–water partition coefficient (Wildman–Crippen LogP) is 1.77. The fraction of sp³-hybridized carbons (Fsp3) is 0.200. The SMILES string of the molecule is Nc1ccc(CCNc2ncns2)cc1. The van der Waals surface area contributed by atoms with Crippen molar-refractivity contribution in [1.82, 2.24) is 9.36 Å². The van der Waals surface area contributed by atoms with Crippen molar-refractivity contribution in [3.8, 4) is 0 Å². The molecule has 0 aliphatic heterocycles. The lowest BCUT2D eigenvalue weighted by molar-refractivity contribution is 1.02. The van der Waals surface area contributed by atoms with Crippen molar-refractivity contribution in [3.05, 3.63) is 36.2 Å². The molecule has 0 spiro atoms. The van der Waals surface area contributed by atoms with Gasteiger partial charge in [0, 0.05) is 23.8 Å². The van der Waals surface area contributed by atoms with E-state index < -0.39 is 0 Å². The number of benzene rings is 1. The van der Waals surface area contributed by atoms with Gasteiger partial charge >= 0.3 is 0 Å². The molecular weight excluding hydrogens is 208 g/mol. The zero-order valence-electron chi connectivity index (χ0n) is 8.18. The molecule has 0 aliphatic carbocycles. The van der Waals surface area contributed by atoms with Gasteiger partial charge in [-0.3, -0.25) is 0 Å². The first-order valence-corrected chi connectivity index (χ1v) is 5.47. The highest BCUT2D eigenvalue weighted by molar-refractivity contribution is 7.09. The minimum Gasteiger partial charge on any atom is -0.399 e. The second-order valence-corrected chi connectivity index (χ2v) is 3.94. The normalized spacial score (nSPS) is 10.1. The van der Waals surface area contributed by atoms with Gasteiger partial charge in [0.25, 0.3) is 0 Å². The Morgan fingerprint density at radius 2 is 2.07 bits per heavy atom. The van der Waals surface area contributed by atoms with Crippen LogP contribution in [0.15, 0.2) is 30.6 Å². The Kier molecular flexibility index (Phi) is 3.14. The third-order valence-electron chi connectivity index (χ3n) is 2.03. The molecule has 0 aliphatic rings. The van der Waals surface area contributed by atoms with E-state index in [2.05, 4.69) is 14.7 Å². The Labute approximate surface area is 92.3 Å². The maximum atomic E-state index is 5.60. The summed E-state index contributed by atoms with van der Waals surface area (Å²) in [6.45, 7) is 0.860. The molecular formula is C10H12N4S. The number of nitrogens with two attached hydrogens (primary N) is 1. The van der Waals surface area contributed by atoms with Crippen LogP contribution >= 0.6 is 11.5 Å². The minimum absolute atomic E-state index is 0.802. The smallest absolute Gasteiger partial charge is 0.202 e. The van der Waals surface area contributed by atoms with Gasteiger partial charge in [0.1, 0.15) is 6.33 Å². The molecule has 3 N–H and O–H groups in total. The number of rotatable bonds is 4. The quantitative estimate of drug-likeness (QED) is 0.771. The average Bonchev–Trinajstić information content (AvgIpc) is 2.74. The third kappa shape index (κ3) is 2.92. The zero-order chi connectivity index (χ0) is 10.5.